The predicted octanol–water partition coefficient (Wildman–Crippen LogP) is 2.38. The van der Waals surface area contributed by atoms with Gasteiger partial charge in [0.1, 0.15) is 5.78 Å². The Kier molecular flexibility index (Phi) is 5.16. The van der Waals surface area contributed by atoms with Crippen LogP contribution in [0.25, 0.3) is 0 Å². The average Bonchev–Trinajstić information content (AvgIpc) is 2.18. The van der Waals surface area contributed by atoms with Gasteiger partial charge in [-0.1, -0.05) is 32.1 Å². The molecule has 82 valence electrons. The Morgan fingerprint density at radius 2 is 2.00 bits per heavy atom. The van der Waals surface area contributed by atoms with Gasteiger partial charge in [-0.05, 0) is 32.4 Å². The van der Waals surface area contributed by atoms with Gasteiger partial charge in [-0.2, -0.15) is 0 Å². The molecular formula is C12H23NO. The first-order chi connectivity index (χ1) is 6.74. The fraction of sp³-hybridized carbons (Fsp3) is 0.917. The number of carbonyl (C=O) groups is 1. The van der Waals surface area contributed by atoms with Crippen molar-refractivity contribution in [1.82, 2.24) is 5.32 Å². The molecule has 1 atom stereocenters. The highest BCUT2D eigenvalue weighted by atomic mass is 16.1. The minimum absolute atomic E-state index is 0.343. The molecule has 0 radical (unpaired) electrons. The fourth-order valence-corrected chi connectivity index (χ4v) is 2.64. The van der Waals surface area contributed by atoms with E-state index in [1.165, 1.54) is 32.1 Å². The Balaban J connectivity index is 2.42. The smallest absolute Gasteiger partial charge is 0.130 e. The van der Waals surface area contributed by atoms with E-state index in [0.29, 0.717) is 11.7 Å². The van der Waals surface area contributed by atoms with Crippen LogP contribution < -0.4 is 5.32 Å². The summed E-state index contributed by atoms with van der Waals surface area (Å²) in [6.45, 7) is 2.72. The number of carbonyl (C=O) groups excluding carboxylic acids is 1. The van der Waals surface area contributed by atoms with Crippen molar-refractivity contribution >= 4 is 5.78 Å². The lowest BCUT2D eigenvalue weighted by Crippen LogP contribution is -2.29. The minimum Gasteiger partial charge on any atom is -0.319 e. The summed E-state index contributed by atoms with van der Waals surface area (Å²) < 4.78 is 0. The van der Waals surface area contributed by atoms with Crippen LogP contribution >= 0.6 is 0 Å². The van der Waals surface area contributed by atoms with Gasteiger partial charge in [-0.25, -0.2) is 0 Å². The largest absolute Gasteiger partial charge is 0.319 e. The summed E-state index contributed by atoms with van der Waals surface area (Å²) in [4.78, 5) is 11.1. The Morgan fingerprint density at radius 3 is 2.50 bits per heavy atom. The lowest BCUT2D eigenvalue weighted by atomic mass is 9.78. The molecule has 0 aliphatic heterocycles. The fourth-order valence-electron chi connectivity index (χ4n) is 2.64. The summed E-state index contributed by atoms with van der Waals surface area (Å²) in [7, 11) is 1.98. The van der Waals surface area contributed by atoms with Crippen molar-refractivity contribution in [3.8, 4) is 0 Å². The number of hydrogen-bond acceptors (Lipinski definition) is 2. The van der Waals surface area contributed by atoms with E-state index in [9.17, 15) is 4.79 Å². The maximum atomic E-state index is 11.1. The average molecular weight is 197 g/mol. The van der Waals surface area contributed by atoms with E-state index < -0.39 is 0 Å². The van der Waals surface area contributed by atoms with E-state index in [0.717, 1.165) is 18.9 Å². The molecule has 0 aromatic heterocycles. The molecule has 1 rings (SSSR count). The van der Waals surface area contributed by atoms with Crippen LogP contribution in [0.15, 0.2) is 0 Å². The zero-order chi connectivity index (χ0) is 10.4. The molecule has 14 heavy (non-hydrogen) atoms. The number of nitrogens with one attached hydrogen (secondary N) is 1. The van der Waals surface area contributed by atoms with Gasteiger partial charge in [0.2, 0.25) is 0 Å². The first-order valence-corrected chi connectivity index (χ1v) is 5.88. The van der Waals surface area contributed by atoms with Crippen LogP contribution in [0.2, 0.25) is 0 Å². The molecule has 1 aliphatic carbocycles. The van der Waals surface area contributed by atoms with Crippen molar-refractivity contribution in [2.24, 2.45) is 11.8 Å². The van der Waals surface area contributed by atoms with Gasteiger partial charge in [0.25, 0.3) is 0 Å². The molecule has 0 saturated heterocycles. The molecule has 1 N–H and O–H groups in total. The summed E-state index contributed by atoms with van der Waals surface area (Å²) in [5.74, 6) is 1.72. The molecular weight excluding hydrogens is 174 g/mol. The van der Waals surface area contributed by atoms with Gasteiger partial charge in [0, 0.05) is 6.42 Å². The van der Waals surface area contributed by atoms with Crippen molar-refractivity contribution in [2.75, 3.05) is 13.6 Å². The highest BCUT2D eigenvalue weighted by Crippen LogP contribution is 2.31. The Hall–Kier alpha value is -0.370. The van der Waals surface area contributed by atoms with Crippen molar-refractivity contribution in [2.45, 2.75) is 45.4 Å². The van der Waals surface area contributed by atoms with Crippen molar-refractivity contribution < 1.29 is 4.79 Å². The van der Waals surface area contributed by atoms with Crippen molar-refractivity contribution in [3.05, 3.63) is 0 Å². The van der Waals surface area contributed by atoms with Crippen LogP contribution in [0, 0.1) is 11.8 Å². The summed E-state index contributed by atoms with van der Waals surface area (Å²) >= 11 is 0. The quantitative estimate of drug-likeness (QED) is 0.733. The predicted molar refractivity (Wildman–Crippen MR) is 59.3 cm³/mol. The SMILES string of the molecule is CNCC(CC(C)=O)C1CCCCC1. The van der Waals surface area contributed by atoms with Crippen molar-refractivity contribution in [3.63, 3.8) is 0 Å². The normalized spacial score (nSPS) is 20.7. The van der Waals surface area contributed by atoms with Crippen LogP contribution in [0.3, 0.4) is 0 Å². The lowest BCUT2D eigenvalue weighted by Gasteiger charge is -2.29. The molecule has 0 spiro atoms. The van der Waals surface area contributed by atoms with Crippen LogP contribution in [-0.4, -0.2) is 19.4 Å². The molecule has 0 heterocycles. The van der Waals surface area contributed by atoms with E-state index in [1.54, 1.807) is 6.92 Å². The zero-order valence-corrected chi connectivity index (χ0v) is 9.51. The molecule has 2 nitrogen and oxygen atoms in total. The van der Waals surface area contributed by atoms with Crippen LogP contribution in [0.4, 0.5) is 0 Å². The Labute approximate surface area is 87.5 Å². The van der Waals surface area contributed by atoms with Gasteiger partial charge < -0.3 is 10.1 Å². The number of ketones is 1. The van der Waals surface area contributed by atoms with Gasteiger partial charge in [0.05, 0.1) is 0 Å². The number of Topliss-reactive ketones (excluding diaryl/α,β-unsaturated/α-hetero) is 1. The first-order valence-electron chi connectivity index (χ1n) is 5.88. The first kappa shape index (κ1) is 11.7. The Bertz CT molecular complexity index is 173. The van der Waals surface area contributed by atoms with Crippen LogP contribution in [0.1, 0.15) is 45.4 Å². The van der Waals surface area contributed by atoms with E-state index in [-0.39, 0.29) is 0 Å². The standard InChI is InChI=1S/C12H23NO/c1-10(14)8-12(9-13-2)11-6-4-3-5-7-11/h11-13H,3-9H2,1-2H3. The molecule has 0 amide bonds. The summed E-state index contributed by atoms with van der Waals surface area (Å²) in [6, 6.07) is 0. The lowest BCUT2D eigenvalue weighted by molar-refractivity contribution is -0.118. The topological polar surface area (TPSA) is 29.1 Å². The molecule has 1 saturated carbocycles. The summed E-state index contributed by atoms with van der Waals surface area (Å²) in [5.41, 5.74) is 0. The molecule has 1 aliphatic rings. The van der Waals surface area contributed by atoms with Gasteiger partial charge in [0.15, 0.2) is 0 Å². The second kappa shape index (κ2) is 6.18. The second-order valence-corrected chi connectivity index (χ2v) is 4.62. The highest BCUT2D eigenvalue weighted by Gasteiger charge is 2.23. The van der Waals surface area contributed by atoms with Gasteiger partial charge in [-0.15, -0.1) is 0 Å². The third kappa shape index (κ3) is 3.79. The van der Waals surface area contributed by atoms with E-state index in [2.05, 4.69) is 5.32 Å². The van der Waals surface area contributed by atoms with Crippen LogP contribution in [0.5, 0.6) is 0 Å². The van der Waals surface area contributed by atoms with Crippen LogP contribution in [-0.2, 0) is 4.79 Å². The molecule has 2 heteroatoms. The van der Waals surface area contributed by atoms with E-state index in [1.807, 2.05) is 7.05 Å². The van der Waals surface area contributed by atoms with Gasteiger partial charge in [-0.3, -0.25) is 0 Å². The monoisotopic (exact) mass is 197 g/mol. The number of rotatable bonds is 5. The summed E-state index contributed by atoms with van der Waals surface area (Å²) in [6.07, 6.45) is 7.55. The Morgan fingerprint density at radius 1 is 1.36 bits per heavy atom. The van der Waals surface area contributed by atoms with Crippen molar-refractivity contribution in [1.29, 1.82) is 0 Å². The molecule has 0 bridgehead atoms. The minimum atomic E-state index is 0.343. The second-order valence-electron chi connectivity index (χ2n) is 4.62. The van der Waals surface area contributed by atoms with Gasteiger partial charge >= 0.3 is 0 Å². The highest BCUT2D eigenvalue weighted by molar-refractivity contribution is 5.75. The molecule has 1 fully saturated rings. The van der Waals surface area contributed by atoms with E-state index in [4.69, 9.17) is 0 Å². The number of hydrogen-bond donors (Lipinski definition) is 1. The molecule has 0 aromatic rings. The third-order valence-corrected chi connectivity index (χ3v) is 3.33. The third-order valence-electron chi connectivity index (χ3n) is 3.33. The van der Waals surface area contributed by atoms with E-state index >= 15 is 0 Å². The molecule has 1 unspecified atom stereocenters. The zero-order valence-electron chi connectivity index (χ0n) is 9.51. The molecule has 0 aromatic carbocycles. The summed E-state index contributed by atoms with van der Waals surface area (Å²) in [5, 5.41) is 3.22. The maximum absolute atomic E-state index is 11.1. The maximum Gasteiger partial charge on any atom is 0.130 e.